The molecule has 1 aliphatic rings. The highest BCUT2D eigenvalue weighted by Gasteiger charge is 2.33. The van der Waals surface area contributed by atoms with E-state index >= 15 is 0 Å². The first kappa shape index (κ1) is 19.5. The van der Waals surface area contributed by atoms with Crippen LogP contribution < -0.4 is 10.1 Å². The maximum absolute atomic E-state index is 10.2. The van der Waals surface area contributed by atoms with Gasteiger partial charge in [-0.25, -0.2) is 0 Å². The van der Waals surface area contributed by atoms with Crippen molar-refractivity contribution in [3.63, 3.8) is 0 Å². The molecule has 0 aliphatic carbocycles. The molecule has 0 saturated carbocycles. The van der Waals surface area contributed by atoms with Crippen LogP contribution in [0.3, 0.4) is 0 Å². The fourth-order valence-electron chi connectivity index (χ4n) is 3.60. The zero-order valence-electron chi connectivity index (χ0n) is 15.8. The minimum atomic E-state index is -0.601. The zero-order chi connectivity index (χ0) is 21.4. The van der Waals surface area contributed by atoms with E-state index in [1.807, 2.05) is 0 Å². The van der Waals surface area contributed by atoms with Crippen molar-refractivity contribution in [3.8, 4) is 40.2 Å². The molecule has 1 heterocycles. The smallest absolute Gasteiger partial charge is 0.157 e. The first-order valence-electron chi connectivity index (χ1n) is 9.29. The molecule has 3 aromatic carbocycles. The third kappa shape index (κ3) is 3.72. The Labute approximate surface area is 171 Å². The molecule has 0 amide bonds. The van der Waals surface area contributed by atoms with E-state index in [2.05, 4.69) is 5.32 Å². The number of phenolic OH excluding ortho intramolecular Hbond substituents is 6. The normalized spacial score (nSPS) is 17.9. The van der Waals surface area contributed by atoms with Gasteiger partial charge in [-0.1, -0.05) is 12.1 Å². The number of hydrogen-bond acceptors (Lipinski definition) is 8. The molecule has 8 nitrogen and oxygen atoms in total. The van der Waals surface area contributed by atoms with Crippen molar-refractivity contribution in [1.29, 1.82) is 0 Å². The topological polar surface area (TPSA) is 143 Å². The van der Waals surface area contributed by atoms with E-state index in [0.717, 1.165) is 5.56 Å². The largest absolute Gasteiger partial charge is 0.508 e. The molecule has 7 N–H and O–H groups in total. The Morgan fingerprint density at radius 3 is 2.17 bits per heavy atom. The van der Waals surface area contributed by atoms with Crippen molar-refractivity contribution < 1.29 is 35.4 Å². The SMILES string of the molecule is Oc1cc(O)c2c(c1)O[C@H](c1ccc(O)c(O)c1)[C@H](NCc1ccc(O)c(O)c1)C2. The van der Waals surface area contributed by atoms with Gasteiger partial charge in [0.15, 0.2) is 23.0 Å². The molecule has 0 bridgehead atoms. The summed E-state index contributed by atoms with van der Waals surface area (Å²) >= 11 is 0. The molecule has 8 heteroatoms. The summed E-state index contributed by atoms with van der Waals surface area (Å²) in [5.74, 6) is -0.887. The molecule has 0 saturated heterocycles. The summed E-state index contributed by atoms with van der Waals surface area (Å²) in [4.78, 5) is 0. The Balaban J connectivity index is 1.66. The van der Waals surface area contributed by atoms with Crippen molar-refractivity contribution in [3.05, 3.63) is 65.2 Å². The van der Waals surface area contributed by atoms with Crippen LogP contribution in [0.1, 0.15) is 22.8 Å². The lowest BCUT2D eigenvalue weighted by Crippen LogP contribution is -2.41. The van der Waals surface area contributed by atoms with Gasteiger partial charge < -0.3 is 40.7 Å². The Morgan fingerprint density at radius 1 is 0.767 bits per heavy atom. The lowest BCUT2D eigenvalue weighted by Gasteiger charge is -2.35. The van der Waals surface area contributed by atoms with Crippen LogP contribution in [0, 0.1) is 0 Å². The number of nitrogens with one attached hydrogen (secondary N) is 1. The Kier molecular flexibility index (Phi) is 4.93. The van der Waals surface area contributed by atoms with Gasteiger partial charge in [0.25, 0.3) is 0 Å². The highest BCUT2D eigenvalue weighted by atomic mass is 16.5. The van der Waals surface area contributed by atoms with Gasteiger partial charge in [-0.05, 0) is 41.8 Å². The lowest BCUT2D eigenvalue weighted by atomic mass is 9.91. The molecule has 156 valence electrons. The van der Waals surface area contributed by atoms with Gasteiger partial charge in [0, 0.05) is 24.2 Å². The maximum atomic E-state index is 10.2. The summed E-state index contributed by atoms with van der Waals surface area (Å²) in [5.41, 5.74) is 1.83. The van der Waals surface area contributed by atoms with Crippen LogP contribution in [0.5, 0.6) is 40.2 Å². The zero-order valence-corrected chi connectivity index (χ0v) is 15.8. The summed E-state index contributed by atoms with van der Waals surface area (Å²) in [5, 5.41) is 62.1. The van der Waals surface area contributed by atoms with Crippen molar-refractivity contribution in [2.45, 2.75) is 25.1 Å². The Bertz CT molecular complexity index is 1100. The molecule has 0 spiro atoms. The van der Waals surface area contributed by atoms with Crippen molar-refractivity contribution in [2.75, 3.05) is 0 Å². The van der Waals surface area contributed by atoms with Gasteiger partial charge in [0.1, 0.15) is 23.4 Å². The molecule has 30 heavy (non-hydrogen) atoms. The van der Waals surface area contributed by atoms with Crippen molar-refractivity contribution in [1.82, 2.24) is 5.32 Å². The number of fused-ring (bicyclic) bond motifs is 1. The van der Waals surface area contributed by atoms with Crippen molar-refractivity contribution >= 4 is 0 Å². The second-order valence-electron chi connectivity index (χ2n) is 7.24. The van der Waals surface area contributed by atoms with Crippen LogP contribution in [0.25, 0.3) is 0 Å². The van der Waals surface area contributed by atoms with Gasteiger partial charge in [0.05, 0.1) is 6.04 Å². The van der Waals surface area contributed by atoms with E-state index in [4.69, 9.17) is 4.74 Å². The quantitative estimate of drug-likeness (QED) is 0.325. The third-order valence-corrected chi connectivity index (χ3v) is 5.15. The molecule has 0 radical (unpaired) electrons. The number of phenols is 6. The molecule has 2 atom stereocenters. The monoisotopic (exact) mass is 411 g/mol. The maximum Gasteiger partial charge on any atom is 0.157 e. The molecule has 3 aromatic rings. The number of hydrogen-bond donors (Lipinski definition) is 7. The minimum absolute atomic E-state index is 0.0916. The van der Waals surface area contributed by atoms with Gasteiger partial charge in [0.2, 0.25) is 0 Å². The van der Waals surface area contributed by atoms with Gasteiger partial charge >= 0.3 is 0 Å². The lowest BCUT2D eigenvalue weighted by molar-refractivity contribution is 0.130. The first-order valence-corrected chi connectivity index (χ1v) is 9.29. The molecule has 0 unspecified atom stereocenters. The summed E-state index contributed by atoms with van der Waals surface area (Å²) < 4.78 is 6.05. The van der Waals surface area contributed by atoms with E-state index in [1.54, 1.807) is 12.1 Å². The number of benzene rings is 3. The van der Waals surface area contributed by atoms with Crippen LogP contribution >= 0.6 is 0 Å². The highest BCUT2D eigenvalue weighted by Crippen LogP contribution is 2.43. The van der Waals surface area contributed by atoms with E-state index in [-0.39, 0.29) is 40.5 Å². The van der Waals surface area contributed by atoms with E-state index in [1.165, 1.54) is 36.4 Å². The van der Waals surface area contributed by atoms with E-state index in [9.17, 15) is 30.6 Å². The highest BCUT2D eigenvalue weighted by molar-refractivity contribution is 5.52. The molecule has 0 fully saturated rings. The average Bonchev–Trinajstić information content (AvgIpc) is 2.70. The van der Waals surface area contributed by atoms with Gasteiger partial charge in [-0.15, -0.1) is 0 Å². The van der Waals surface area contributed by atoms with Crippen LogP contribution in [0.15, 0.2) is 48.5 Å². The second kappa shape index (κ2) is 7.57. The number of aromatic hydroxyl groups is 6. The Morgan fingerprint density at radius 2 is 1.47 bits per heavy atom. The van der Waals surface area contributed by atoms with E-state index < -0.39 is 6.10 Å². The second-order valence-corrected chi connectivity index (χ2v) is 7.24. The number of rotatable bonds is 4. The molecule has 4 rings (SSSR count). The molecule has 0 aromatic heterocycles. The van der Waals surface area contributed by atoms with E-state index in [0.29, 0.717) is 29.8 Å². The molecular weight excluding hydrogens is 390 g/mol. The van der Waals surface area contributed by atoms with Gasteiger partial charge in [-0.2, -0.15) is 0 Å². The predicted molar refractivity (Wildman–Crippen MR) is 107 cm³/mol. The van der Waals surface area contributed by atoms with Crippen LogP contribution in [0.2, 0.25) is 0 Å². The standard InChI is InChI=1S/C22H21NO7/c24-13-7-18(27)14-9-15(23-10-11-1-3-16(25)19(28)5-11)22(30-21(14)8-13)12-2-4-17(26)20(29)6-12/h1-8,15,22-29H,9-10H2/t15-,22-/m1/s1. The first-order chi connectivity index (χ1) is 14.3. The summed E-state index contributed by atoms with van der Waals surface area (Å²) in [6.45, 7) is 0.330. The van der Waals surface area contributed by atoms with Gasteiger partial charge in [-0.3, -0.25) is 0 Å². The van der Waals surface area contributed by atoms with Crippen LogP contribution in [-0.4, -0.2) is 36.7 Å². The fourth-order valence-corrected chi connectivity index (χ4v) is 3.60. The summed E-state index contributed by atoms with van der Waals surface area (Å²) in [6, 6.07) is 11.2. The predicted octanol–water partition coefficient (Wildman–Crippen LogP) is 2.75. The fraction of sp³-hybridized carbons (Fsp3) is 0.182. The Hall–Kier alpha value is -3.78. The van der Waals surface area contributed by atoms with Crippen LogP contribution in [0.4, 0.5) is 0 Å². The average molecular weight is 411 g/mol. The van der Waals surface area contributed by atoms with Crippen molar-refractivity contribution in [2.24, 2.45) is 0 Å². The third-order valence-electron chi connectivity index (χ3n) is 5.15. The summed E-state index contributed by atoms with van der Waals surface area (Å²) in [6.07, 6.45) is -0.242. The molecule has 1 aliphatic heterocycles. The summed E-state index contributed by atoms with van der Waals surface area (Å²) in [7, 11) is 0. The van der Waals surface area contributed by atoms with Crippen LogP contribution in [-0.2, 0) is 13.0 Å². The minimum Gasteiger partial charge on any atom is -0.508 e. The number of ether oxygens (including phenoxy) is 1. The molecular formula is C22H21NO7.